The van der Waals surface area contributed by atoms with Gasteiger partial charge in [-0.3, -0.25) is 0 Å². The van der Waals surface area contributed by atoms with Gasteiger partial charge in [-0.1, -0.05) is 42.5 Å². The van der Waals surface area contributed by atoms with Crippen molar-refractivity contribution in [1.29, 1.82) is 0 Å². The van der Waals surface area contributed by atoms with Gasteiger partial charge in [-0.05, 0) is 10.8 Å². The molecule has 2 aromatic carbocycles. The lowest BCUT2D eigenvalue weighted by molar-refractivity contribution is -0.823. The van der Waals surface area contributed by atoms with E-state index in [1.54, 1.807) is 4.74 Å². The van der Waals surface area contributed by atoms with E-state index < -0.39 is 10.5 Å². The Bertz CT molecular complexity index is 836. The fourth-order valence-electron chi connectivity index (χ4n) is 1.97. The normalized spacial score (nSPS) is 11.0. The second-order valence-electron chi connectivity index (χ2n) is 4.19. The first-order chi connectivity index (χ1) is 9.86. The zero-order valence-electron chi connectivity index (χ0n) is 11.1. The highest BCUT2D eigenvalue weighted by molar-refractivity contribution is 7.80. The first kappa shape index (κ1) is 15.1. The molecule has 0 aliphatic carbocycles. The summed E-state index contributed by atoms with van der Waals surface area (Å²) in [5.74, 6) is 0.929. The summed E-state index contributed by atoms with van der Waals surface area (Å²) >= 11 is 0. The van der Waals surface area contributed by atoms with E-state index in [9.17, 15) is 3.89 Å². The van der Waals surface area contributed by atoms with Crippen LogP contribution in [0.15, 0.2) is 59.1 Å². The van der Waals surface area contributed by atoms with Crippen LogP contribution in [0.2, 0.25) is 0 Å². The summed E-state index contributed by atoms with van der Waals surface area (Å²) in [7, 11) is -3.49. The summed E-state index contributed by atoms with van der Waals surface area (Å²) in [5, 5.41) is 1.15. The van der Waals surface area contributed by atoms with Gasteiger partial charge in [0.05, 0.1) is 0 Å². The van der Waals surface area contributed by atoms with E-state index in [-0.39, 0.29) is 0 Å². The number of aromatic nitrogens is 1. The van der Waals surface area contributed by atoms with Crippen molar-refractivity contribution in [2.75, 3.05) is 0 Å². The molecule has 3 aromatic rings. The molecule has 1 aromatic heterocycles. The third-order valence-electron chi connectivity index (χ3n) is 2.75. The Kier molecular flexibility index (Phi) is 4.35. The average molecular weight is 309 g/mol. The maximum atomic E-state index is 10.1. The number of rotatable bonds is 1. The average Bonchev–Trinajstić information content (AvgIpc) is 2.76. The fourth-order valence-corrected chi connectivity index (χ4v) is 1.97. The number of para-hydroxylation sites is 1. The molecule has 0 radical (unpaired) electrons. The van der Waals surface area contributed by atoms with Crippen LogP contribution in [-0.4, -0.2) is 13.0 Å². The van der Waals surface area contributed by atoms with E-state index in [1.165, 1.54) is 0 Å². The molecule has 7 heteroatoms. The third kappa shape index (κ3) is 4.11. The van der Waals surface area contributed by atoms with Crippen molar-refractivity contribution in [2.45, 2.75) is 0 Å². The molecule has 0 aliphatic heterocycles. The molecule has 21 heavy (non-hydrogen) atoms. The van der Waals surface area contributed by atoms with E-state index in [4.69, 9.17) is 17.5 Å². The number of fused-ring (bicyclic) bond motifs is 1. The van der Waals surface area contributed by atoms with Crippen LogP contribution in [0.5, 0.6) is 0 Å². The van der Waals surface area contributed by atoms with E-state index in [2.05, 4.69) is 24.3 Å². The molecule has 0 atom stereocenters. The fraction of sp³-hybridized carbons (Fsp3) is 0.0714. The number of aryl methyl sites for hydroxylation is 1. The quantitative estimate of drug-likeness (QED) is 0.393. The number of hydrogen-bond acceptors (Lipinski definition) is 4. The largest absolute Gasteiger partial charge is 0.722 e. The topological polar surface area (TPSA) is 74.2 Å². The molecule has 1 heterocycles. The monoisotopic (exact) mass is 309 g/mol. The van der Waals surface area contributed by atoms with Gasteiger partial charge < -0.3 is 4.55 Å². The molecular weight excluding hydrogens is 297 g/mol. The minimum absolute atomic E-state index is 0.929. The van der Waals surface area contributed by atoms with Gasteiger partial charge in [-0.25, -0.2) is 12.9 Å². The van der Waals surface area contributed by atoms with E-state index >= 15 is 0 Å². The Hall–Kier alpha value is -2.25. The first-order valence-electron chi connectivity index (χ1n) is 5.95. The van der Waals surface area contributed by atoms with Crippen molar-refractivity contribution in [3.8, 4) is 11.3 Å². The highest BCUT2D eigenvalue weighted by atomic mass is 32.3. The Labute approximate surface area is 121 Å². The van der Waals surface area contributed by atoms with Gasteiger partial charge in [-0.15, -0.1) is 3.89 Å². The van der Waals surface area contributed by atoms with Crippen molar-refractivity contribution in [3.63, 3.8) is 0 Å². The van der Waals surface area contributed by atoms with Crippen LogP contribution >= 0.6 is 0 Å². The van der Waals surface area contributed by atoms with Crippen LogP contribution in [0.25, 0.3) is 22.2 Å². The van der Waals surface area contributed by atoms with Gasteiger partial charge in [0.25, 0.3) is 16.0 Å². The van der Waals surface area contributed by atoms with Gasteiger partial charge in [0.2, 0.25) is 5.76 Å². The summed E-state index contributed by atoms with van der Waals surface area (Å²) in [6.45, 7) is 0. The van der Waals surface area contributed by atoms with Gasteiger partial charge in [0.15, 0.2) is 7.05 Å². The van der Waals surface area contributed by atoms with Crippen molar-refractivity contribution < 1.29 is 26.1 Å². The molecule has 0 spiro atoms. The lowest BCUT2D eigenvalue weighted by Gasteiger charge is -1.91. The zero-order valence-corrected chi connectivity index (χ0v) is 11.9. The van der Waals surface area contributed by atoms with Gasteiger partial charge in [0, 0.05) is 11.6 Å². The molecule has 0 unspecified atom stereocenters. The molecule has 110 valence electrons. The Balaban J connectivity index is 0.000000282. The van der Waals surface area contributed by atoms with E-state index in [0.717, 1.165) is 22.2 Å². The van der Waals surface area contributed by atoms with E-state index in [0.29, 0.717) is 0 Å². The Morgan fingerprint density at radius 3 is 2.19 bits per heavy atom. The highest BCUT2D eigenvalue weighted by Crippen LogP contribution is 2.26. The highest BCUT2D eigenvalue weighted by Gasteiger charge is 2.17. The Morgan fingerprint density at radius 1 is 1.05 bits per heavy atom. The lowest BCUT2D eigenvalue weighted by Crippen LogP contribution is -2.24. The van der Waals surface area contributed by atoms with Crippen LogP contribution in [0.3, 0.4) is 0 Å². The molecule has 0 saturated carbocycles. The predicted molar refractivity (Wildman–Crippen MR) is 73.6 cm³/mol. The molecule has 0 fully saturated rings. The van der Waals surface area contributed by atoms with Crippen LogP contribution in [-0.2, 0) is 17.6 Å². The number of hydrogen-bond donors (Lipinski definition) is 0. The van der Waals surface area contributed by atoms with Crippen molar-refractivity contribution in [1.82, 2.24) is 0 Å². The lowest BCUT2D eigenvalue weighted by atomic mass is 10.1. The smallest absolute Gasteiger partial charge is 0.262 e. The van der Waals surface area contributed by atoms with Crippen LogP contribution < -0.4 is 4.74 Å². The summed E-state index contributed by atoms with van der Waals surface area (Å²) in [6.07, 6.45) is 0. The minimum atomic E-state index is -5.42. The third-order valence-corrected chi connectivity index (χ3v) is 2.75. The molecule has 3 rings (SSSR count). The first-order valence-corrected chi connectivity index (χ1v) is 7.26. The molecule has 0 bridgehead atoms. The summed E-state index contributed by atoms with van der Waals surface area (Å²) < 4.78 is 42.9. The maximum absolute atomic E-state index is 10.1. The summed E-state index contributed by atoms with van der Waals surface area (Å²) in [5.41, 5.74) is 2.22. The second kappa shape index (κ2) is 6.02. The molecule has 0 amide bonds. The SMILES string of the molecule is C[n+]1oc(-c2ccccc2)c2ccccc21.O=S(=O)([O-])F. The van der Waals surface area contributed by atoms with Gasteiger partial charge >= 0.3 is 0 Å². The molecular formula is C14H12FNO4S. The van der Waals surface area contributed by atoms with E-state index in [1.807, 2.05) is 37.4 Å². The van der Waals surface area contributed by atoms with Crippen LogP contribution in [0, 0.1) is 0 Å². The number of nitrogens with zero attached hydrogens (tertiary/aromatic N) is 1. The molecule has 0 aliphatic rings. The van der Waals surface area contributed by atoms with Crippen molar-refractivity contribution >= 4 is 21.4 Å². The minimum Gasteiger partial charge on any atom is -0.722 e. The van der Waals surface area contributed by atoms with Crippen LogP contribution in [0.1, 0.15) is 0 Å². The summed E-state index contributed by atoms with van der Waals surface area (Å²) in [6, 6.07) is 18.4. The predicted octanol–water partition coefficient (Wildman–Crippen LogP) is 2.34. The van der Waals surface area contributed by atoms with Crippen molar-refractivity contribution in [2.24, 2.45) is 7.05 Å². The standard InChI is InChI=1S/C14H12NO.FHO3S/c1-15-13-10-6-5-9-12(13)14(16-15)11-7-3-2-4-8-11;1-5(2,3)4/h2-10H,1H3;(H,2,3,4)/q+1;/p-1. The van der Waals surface area contributed by atoms with Crippen LogP contribution in [0.4, 0.5) is 3.89 Å². The molecule has 0 N–H and O–H groups in total. The van der Waals surface area contributed by atoms with Crippen molar-refractivity contribution in [3.05, 3.63) is 54.6 Å². The number of halogens is 1. The van der Waals surface area contributed by atoms with Gasteiger partial charge in [-0.2, -0.15) is 0 Å². The zero-order chi connectivity index (χ0) is 15.5. The number of benzene rings is 2. The Morgan fingerprint density at radius 2 is 1.57 bits per heavy atom. The van der Waals surface area contributed by atoms with Gasteiger partial charge in [0.1, 0.15) is 5.39 Å². The maximum Gasteiger partial charge on any atom is 0.262 e. The molecule has 0 saturated heterocycles. The second-order valence-corrected chi connectivity index (χ2v) is 4.98. The summed E-state index contributed by atoms with van der Waals surface area (Å²) in [4.78, 5) is 0. The molecule has 5 nitrogen and oxygen atoms in total.